The van der Waals surface area contributed by atoms with Crippen LogP contribution < -0.4 is 10.6 Å². The number of carbonyl (C=O) groups excluding carboxylic acids is 1. The van der Waals surface area contributed by atoms with E-state index < -0.39 is 0 Å². The highest BCUT2D eigenvalue weighted by Gasteiger charge is 2.08. The molecule has 5 heteroatoms. The molecule has 1 aromatic rings. The number of nitrogens with zero attached hydrogens (tertiary/aromatic N) is 2. The van der Waals surface area contributed by atoms with Gasteiger partial charge in [-0.3, -0.25) is 9.48 Å². The molecule has 0 aliphatic heterocycles. The van der Waals surface area contributed by atoms with E-state index in [4.69, 9.17) is 0 Å². The summed E-state index contributed by atoms with van der Waals surface area (Å²) in [4.78, 5) is 11.2. The van der Waals surface area contributed by atoms with Crippen LogP contribution in [0.5, 0.6) is 0 Å². The molecule has 1 rings (SSSR count). The number of hydrogen-bond acceptors (Lipinski definition) is 3. The number of likely N-dealkylation sites (N-methyl/N-ethyl adjacent to an activating group) is 1. The van der Waals surface area contributed by atoms with Gasteiger partial charge in [0.1, 0.15) is 0 Å². The molecule has 90 valence electrons. The van der Waals surface area contributed by atoms with Gasteiger partial charge in [0, 0.05) is 31.4 Å². The smallest absolute Gasteiger partial charge is 0.233 e. The molecule has 0 saturated heterocycles. The zero-order valence-electron chi connectivity index (χ0n) is 10.4. The number of rotatable bonds is 5. The van der Waals surface area contributed by atoms with E-state index in [1.54, 1.807) is 0 Å². The molecule has 0 radical (unpaired) electrons. The fraction of sp³-hybridized carbons (Fsp3) is 0.636. The fourth-order valence-electron chi connectivity index (χ4n) is 1.63. The average Bonchev–Trinajstić information content (AvgIpc) is 2.45. The first-order valence-corrected chi connectivity index (χ1v) is 5.52. The van der Waals surface area contributed by atoms with E-state index in [-0.39, 0.29) is 5.91 Å². The SMILES string of the molecule is CCNC(=O)CNCc1c(C)nn(C)c1C. The first-order valence-electron chi connectivity index (χ1n) is 5.52. The minimum atomic E-state index is 0.0293. The van der Waals surface area contributed by atoms with Gasteiger partial charge in [0.2, 0.25) is 5.91 Å². The lowest BCUT2D eigenvalue weighted by Gasteiger charge is -2.05. The highest BCUT2D eigenvalue weighted by atomic mass is 16.1. The maximum absolute atomic E-state index is 11.2. The summed E-state index contributed by atoms with van der Waals surface area (Å²) in [6, 6.07) is 0. The van der Waals surface area contributed by atoms with Gasteiger partial charge in [-0.15, -0.1) is 0 Å². The predicted octanol–water partition coefficient (Wildman–Crippen LogP) is 0.263. The third kappa shape index (κ3) is 3.06. The van der Waals surface area contributed by atoms with Crippen LogP contribution in [-0.4, -0.2) is 28.8 Å². The molecule has 0 spiro atoms. The van der Waals surface area contributed by atoms with Gasteiger partial charge in [-0.05, 0) is 20.8 Å². The van der Waals surface area contributed by atoms with E-state index in [0.717, 1.165) is 11.4 Å². The van der Waals surface area contributed by atoms with Gasteiger partial charge in [-0.2, -0.15) is 5.10 Å². The number of carbonyl (C=O) groups is 1. The number of nitrogens with one attached hydrogen (secondary N) is 2. The fourth-order valence-corrected chi connectivity index (χ4v) is 1.63. The summed E-state index contributed by atoms with van der Waals surface area (Å²) in [6.45, 7) is 7.63. The minimum Gasteiger partial charge on any atom is -0.355 e. The van der Waals surface area contributed by atoms with Crippen molar-refractivity contribution in [2.24, 2.45) is 7.05 Å². The Morgan fingerprint density at radius 2 is 2.12 bits per heavy atom. The maximum atomic E-state index is 11.2. The van der Waals surface area contributed by atoms with E-state index in [1.807, 2.05) is 32.5 Å². The predicted molar refractivity (Wildman–Crippen MR) is 63.1 cm³/mol. The second kappa shape index (κ2) is 5.65. The number of aryl methyl sites for hydroxylation is 2. The van der Waals surface area contributed by atoms with Crippen LogP contribution in [0.25, 0.3) is 0 Å². The molecule has 2 N–H and O–H groups in total. The zero-order valence-corrected chi connectivity index (χ0v) is 10.4. The summed E-state index contributed by atoms with van der Waals surface area (Å²) in [6.07, 6.45) is 0. The van der Waals surface area contributed by atoms with Crippen molar-refractivity contribution in [2.45, 2.75) is 27.3 Å². The Balaban J connectivity index is 2.46. The topological polar surface area (TPSA) is 59.0 Å². The van der Waals surface area contributed by atoms with Crippen LogP contribution in [0.2, 0.25) is 0 Å². The van der Waals surface area contributed by atoms with Crippen molar-refractivity contribution >= 4 is 5.91 Å². The molecule has 0 aliphatic carbocycles. The molecule has 0 aliphatic rings. The highest BCUT2D eigenvalue weighted by Crippen LogP contribution is 2.10. The van der Waals surface area contributed by atoms with Crippen molar-refractivity contribution in [2.75, 3.05) is 13.1 Å². The molecule has 1 amide bonds. The van der Waals surface area contributed by atoms with E-state index in [1.165, 1.54) is 5.56 Å². The molecule has 1 aromatic heterocycles. The largest absolute Gasteiger partial charge is 0.355 e. The third-order valence-corrected chi connectivity index (χ3v) is 2.62. The Labute approximate surface area is 96.2 Å². The molecule has 0 fully saturated rings. The van der Waals surface area contributed by atoms with Gasteiger partial charge in [-0.25, -0.2) is 0 Å². The van der Waals surface area contributed by atoms with E-state index >= 15 is 0 Å². The molecular weight excluding hydrogens is 204 g/mol. The normalized spacial score (nSPS) is 10.5. The number of amides is 1. The van der Waals surface area contributed by atoms with Crippen LogP contribution >= 0.6 is 0 Å². The van der Waals surface area contributed by atoms with Crippen LogP contribution in [0.3, 0.4) is 0 Å². The van der Waals surface area contributed by atoms with Gasteiger partial charge >= 0.3 is 0 Å². The van der Waals surface area contributed by atoms with Crippen molar-refractivity contribution < 1.29 is 4.79 Å². The molecule has 0 bridgehead atoms. The highest BCUT2D eigenvalue weighted by molar-refractivity contribution is 5.77. The summed E-state index contributed by atoms with van der Waals surface area (Å²) in [5.74, 6) is 0.0293. The standard InChI is InChI=1S/C11H20N4O/c1-5-13-11(16)7-12-6-10-8(2)14-15(4)9(10)3/h12H,5-7H2,1-4H3,(H,13,16). The zero-order chi connectivity index (χ0) is 12.1. The first-order chi connectivity index (χ1) is 7.56. The van der Waals surface area contributed by atoms with Crippen LogP contribution in [0.1, 0.15) is 23.9 Å². The molecule has 0 unspecified atom stereocenters. The number of hydrogen-bond donors (Lipinski definition) is 2. The van der Waals surface area contributed by atoms with E-state index in [9.17, 15) is 4.79 Å². The monoisotopic (exact) mass is 224 g/mol. The van der Waals surface area contributed by atoms with Crippen molar-refractivity contribution in [3.05, 3.63) is 17.0 Å². The van der Waals surface area contributed by atoms with Gasteiger partial charge in [0.15, 0.2) is 0 Å². The Kier molecular flexibility index (Phi) is 4.49. The summed E-state index contributed by atoms with van der Waals surface area (Å²) in [5.41, 5.74) is 3.33. The molecule has 16 heavy (non-hydrogen) atoms. The second-order valence-corrected chi connectivity index (χ2v) is 3.83. The van der Waals surface area contributed by atoms with Crippen molar-refractivity contribution in [3.8, 4) is 0 Å². The summed E-state index contributed by atoms with van der Waals surface area (Å²) < 4.78 is 1.86. The second-order valence-electron chi connectivity index (χ2n) is 3.83. The van der Waals surface area contributed by atoms with E-state index in [0.29, 0.717) is 19.6 Å². The Morgan fingerprint density at radius 3 is 2.62 bits per heavy atom. The Morgan fingerprint density at radius 1 is 1.44 bits per heavy atom. The summed E-state index contributed by atoms with van der Waals surface area (Å²) in [7, 11) is 1.93. The average molecular weight is 224 g/mol. The Bertz CT molecular complexity index is 370. The lowest BCUT2D eigenvalue weighted by atomic mass is 10.2. The molecule has 1 heterocycles. The van der Waals surface area contributed by atoms with Crippen LogP contribution in [0.15, 0.2) is 0 Å². The quantitative estimate of drug-likeness (QED) is 0.754. The first kappa shape index (κ1) is 12.7. The molecule has 0 saturated carbocycles. The lowest BCUT2D eigenvalue weighted by molar-refractivity contribution is -0.120. The van der Waals surface area contributed by atoms with Gasteiger partial charge < -0.3 is 10.6 Å². The maximum Gasteiger partial charge on any atom is 0.233 e. The van der Waals surface area contributed by atoms with Crippen molar-refractivity contribution in [1.82, 2.24) is 20.4 Å². The van der Waals surface area contributed by atoms with Crippen LogP contribution in [0, 0.1) is 13.8 Å². The minimum absolute atomic E-state index is 0.0293. The lowest BCUT2D eigenvalue weighted by Crippen LogP contribution is -2.33. The van der Waals surface area contributed by atoms with Crippen molar-refractivity contribution in [3.63, 3.8) is 0 Å². The van der Waals surface area contributed by atoms with Gasteiger partial charge in [0.05, 0.1) is 12.2 Å². The van der Waals surface area contributed by atoms with Gasteiger partial charge in [-0.1, -0.05) is 0 Å². The summed E-state index contributed by atoms with van der Waals surface area (Å²) >= 11 is 0. The number of aromatic nitrogens is 2. The molecular formula is C11H20N4O. The van der Waals surface area contributed by atoms with Crippen molar-refractivity contribution in [1.29, 1.82) is 0 Å². The Hall–Kier alpha value is -1.36. The third-order valence-electron chi connectivity index (χ3n) is 2.62. The molecule has 0 aromatic carbocycles. The summed E-state index contributed by atoms with van der Waals surface area (Å²) in [5, 5.41) is 10.2. The van der Waals surface area contributed by atoms with E-state index in [2.05, 4.69) is 15.7 Å². The van der Waals surface area contributed by atoms with Crippen LogP contribution in [0.4, 0.5) is 0 Å². The van der Waals surface area contributed by atoms with Gasteiger partial charge in [0.25, 0.3) is 0 Å². The molecule has 0 atom stereocenters. The molecule has 5 nitrogen and oxygen atoms in total. The van der Waals surface area contributed by atoms with Crippen LogP contribution in [-0.2, 0) is 18.4 Å².